The minimum absolute atomic E-state index is 0.116. The van der Waals surface area contributed by atoms with E-state index in [4.69, 9.17) is 4.74 Å². The van der Waals surface area contributed by atoms with Crippen molar-refractivity contribution in [3.8, 4) is 0 Å². The third kappa shape index (κ3) is 5.29. The molecule has 0 saturated carbocycles. The molecule has 3 heterocycles. The lowest BCUT2D eigenvalue weighted by molar-refractivity contribution is -0.142. The molecule has 1 aromatic heterocycles. The Bertz CT molecular complexity index is 641. The molecule has 1 aromatic rings. The molecule has 1 N–H and O–H groups in total. The van der Waals surface area contributed by atoms with Gasteiger partial charge in [0.15, 0.2) is 0 Å². The van der Waals surface area contributed by atoms with Crippen LogP contribution in [0, 0.1) is 11.8 Å². The molecule has 0 unspecified atom stereocenters. The van der Waals surface area contributed by atoms with Crippen LogP contribution in [0.25, 0.3) is 0 Å². The van der Waals surface area contributed by atoms with Gasteiger partial charge in [-0.05, 0) is 24.8 Å². The Morgan fingerprint density at radius 1 is 1.30 bits per heavy atom. The van der Waals surface area contributed by atoms with Gasteiger partial charge in [0.05, 0.1) is 31.2 Å². The van der Waals surface area contributed by atoms with E-state index in [1.165, 1.54) is 5.56 Å². The predicted molar refractivity (Wildman–Crippen MR) is 101 cm³/mol. The number of ether oxygens (including phenoxy) is 1. The minimum atomic E-state index is -0.128. The summed E-state index contributed by atoms with van der Waals surface area (Å²) in [7, 11) is 3.77. The van der Waals surface area contributed by atoms with Gasteiger partial charge in [0.1, 0.15) is 0 Å². The maximum absolute atomic E-state index is 12.8. The van der Waals surface area contributed by atoms with Crippen LogP contribution < -0.4 is 5.32 Å². The van der Waals surface area contributed by atoms with Crippen molar-refractivity contribution in [3.63, 3.8) is 0 Å². The Labute approximate surface area is 160 Å². The number of morpholine rings is 1. The largest absolute Gasteiger partial charge is 0.378 e. The summed E-state index contributed by atoms with van der Waals surface area (Å²) < 4.78 is 7.12. The highest BCUT2D eigenvalue weighted by Crippen LogP contribution is 2.21. The SMILES string of the molecule is CN(CCCc1cnn(C)c1)C(=O)[C@@H]1CNC[C@H](C(=O)N2CCOCC2)C1. The predicted octanol–water partition coefficient (Wildman–Crippen LogP) is -0.104. The van der Waals surface area contributed by atoms with E-state index in [0.717, 1.165) is 12.8 Å². The fourth-order valence-corrected chi connectivity index (χ4v) is 3.90. The maximum atomic E-state index is 12.8. The van der Waals surface area contributed by atoms with E-state index < -0.39 is 0 Å². The number of nitrogens with zero attached hydrogens (tertiary/aromatic N) is 4. The minimum Gasteiger partial charge on any atom is -0.378 e. The van der Waals surface area contributed by atoms with Crippen molar-refractivity contribution in [2.45, 2.75) is 19.3 Å². The van der Waals surface area contributed by atoms with E-state index in [9.17, 15) is 9.59 Å². The van der Waals surface area contributed by atoms with Crippen molar-refractivity contribution >= 4 is 11.8 Å². The van der Waals surface area contributed by atoms with Crippen LogP contribution in [0.2, 0.25) is 0 Å². The Morgan fingerprint density at radius 2 is 2.04 bits per heavy atom. The number of nitrogens with one attached hydrogen (secondary N) is 1. The van der Waals surface area contributed by atoms with Gasteiger partial charge in [-0.25, -0.2) is 0 Å². The fraction of sp³-hybridized carbons (Fsp3) is 0.737. The summed E-state index contributed by atoms with van der Waals surface area (Å²) in [5.74, 6) is 0.0439. The molecule has 0 radical (unpaired) electrons. The first-order valence-electron chi connectivity index (χ1n) is 9.84. The van der Waals surface area contributed by atoms with Crippen LogP contribution in [-0.4, -0.2) is 84.4 Å². The maximum Gasteiger partial charge on any atom is 0.227 e. The first kappa shape index (κ1) is 19.8. The molecular formula is C19H31N5O3. The summed E-state index contributed by atoms with van der Waals surface area (Å²) >= 11 is 0. The Balaban J connectivity index is 1.46. The molecular weight excluding hydrogens is 346 g/mol. The summed E-state index contributed by atoms with van der Waals surface area (Å²) in [4.78, 5) is 29.2. The van der Waals surface area contributed by atoms with Crippen LogP contribution in [0.4, 0.5) is 0 Å². The van der Waals surface area contributed by atoms with Gasteiger partial charge in [-0.15, -0.1) is 0 Å². The second-order valence-corrected chi connectivity index (χ2v) is 7.61. The molecule has 3 rings (SSSR count). The number of piperidine rings is 1. The van der Waals surface area contributed by atoms with Crippen molar-refractivity contribution in [1.29, 1.82) is 0 Å². The number of carbonyl (C=O) groups excluding carboxylic acids is 2. The quantitative estimate of drug-likeness (QED) is 0.749. The van der Waals surface area contributed by atoms with E-state index in [1.54, 1.807) is 4.68 Å². The molecule has 0 aliphatic carbocycles. The average Bonchev–Trinajstić information content (AvgIpc) is 3.12. The molecule has 2 fully saturated rings. The monoisotopic (exact) mass is 377 g/mol. The Hall–Kier alpha value is -1.93. The smallest absolute Gasteiger partial charge is 0.227 e. The highest BCUT2D eigenvalue weighted by atomic mass is 16.5. The van der Waals surface area contributed by atoms with Gasteiger partial charge in [0.2, 0.25) is 11.8 Å². The van der Waals surface area contributed by atoms with Crippen LogP contribution >= 0.6 is 0 Å². The fourth-order valence-electron chi connectivity index (χ4n) is 3.90. The van der Waals surface area contributed by atoms with Gasteiger partial charge in [-0.1, -0.05) is 0 Å². The van der Waals surface area contributed by atoms with Gasteiger partial charge >= 0.3 is 0 Å². The van der Waals surface area contributed by atoms with Gasteiger partial charge < -0.3 is 19.9 Å². The molecule has 8 heteroatoms. The highest BCUT2D eigenvalue weighted by Gasteiger charge is 2.34. The average molecular weight is 377 g/mol. The third-order valence-corrected chi connectivity index (χ3v) is 5.47. The number of aryl methyl sites for hydroxylation is 2. The van der Waals surface area contributed by atoms with E-state index in [2.05, 4.69) is 10.4 Å². The van der Waals surface area contributed by atoms with Crippen molar-refractivity contribution in [2.75, 3.05) is 53.0 Å². The van der Waals surface area contributed by atoms with Crippen LogP contribution in [-0.2, 0) is 27.8 Å². The zero-order valence-corrected chi connectivity index (χ0v) is 16.4. The van der Waals surface area contributed by atoms with Crippen molar-refractivity contribution in [3.05, 3.63) is 18.0 Å². The summed E-state index contributed by atoms with van der Waals surface area (Å²) in [6, 6.07) is 0. The molecule has 2 saturated heterocycles. The number of rotatable bonds is 6. The molecule has 27 heavy (non-hydrogen) atoms. The third-order valence-electron chi connectivity index (χ3n) is 5.47. The molecule has 2 atom stereocenters. The molecule has 8 nitrogen and oxygen atoms in total. The van der Waals surface area contributed by atoms with Crippen molar-refractivity contribution < 1.29 is 14.3 Å². The van der Waals surface area contributed by atoms with Gasteiger partial charge in [0, 0.05) is 53.0 Å². The first-order chi connectivity index (χ1) is 13.0. The van der Waals surface area contributed by atoms with Gasteiger partial charge in [-0.2, -0.15) is 5.10 Å². The topological polar surface area (TPSA) is 79.7 Å². The number of hydrogen-bond acceptors (Lipinski definition) is 5. The number of amides is 2. The number of hydrogen-bond donors (Lipinski definition) is 1. The number of aromatic nitrogens is 2. The molecule has 2 aliphatic rings. The lowest BCUT2D eigenvalue weighted by Gasteiger charge is -2.35. The Kier molecular flexibility index (Phi) is 6.84. The second-order valence-electron chi connectivity index (χ2n) is 7.61. The lowest BCUT2D eigenvalue weighted by atomic mass is 9.88. The van der Waals surface area contributed by atoms with Crippen LogP contribution in [0.15, 0.2) is 12.4 Å². The lowest BCUT2D eigenvalue weighted by Crippen LogP contribution is -2.51. The molecule has 0 spiro atoms. The first-order valence-corrected chi connectivity index (χ1v) is 9.84. The van der Waals surface area contributed by atoms with E-state index in [1.807, 2.05) is 36.3 Å². The Morgan fingerprint density at radius 3 is 2.74 bits per heavy atom. The normalized spacial score (nSPS) is 23.3. The summed E-state index contributed by atoms with van der Waals surface area (Å²) in [6.07, 6.45) is 6.33. The molecule has 2 aliphatic heterocycles. The zero-order valence-electron chi connectivity index (χ0n) is 16.4. The second kappa shape index (κ2) is 9.32. The van der Waals surface area contributed by atoms with Gasteiger partial charge in [-0.3, -0.25) is 14.3 Å². The van der Waals surface area contributed by atoms with Crippen LogP contribution in [0.3, 0.4) is 0 Å². The van der Waals surface area contributed by atoms with Crippen LogP contribution in [0.5, 0.6) is 0 Å². The summed E-state index contributed by atoms with van der Waals surface area (Å²) in [6.45, 7) is 4.54. The highest BCUT2D eigenvalue weighted by molar-refractivity contribution is 5.83. The molecule has 0 aromatic carbocycles. The number of carbonyl (C=O) groups is 2. The molecule has 150 valence electrons. The van der Waals surface area contributed by atoms with E-state index in [0.29, 0.717) is 52.4 Å². The van der Waals surface area contributed by atoms with Gasteiger partial charge in [0.25, 0.3) is 0 Å². The van der Waals surface area contributed by atoms with Crippen molar-refractivity contribution in [2.24, 2.45) is 18.9 Å². The van der Waals surface area contributed by atoms with Crippen LogP contribution in [0.1, 0.15) is 18.4 Å². The van der Waals surface area contributed by atoms with E-state index >= 15 is 0 Å². The zero-order chi connectivity index (χ0) is 19.2. The standard InChI is InChI=1S/C19H31N5O3/c1-22(5-3-4-15-11-21-23(2)14-15)18(25)16-10-17(13-20-12-16)19(26)24-6-8-27-9-7-24/h11,14,16-17,20H,3-10,12-13H2,1-2H3/t16-,17+/m0/s1. The van der Waals surface area contributed by atoms with Crippen molar-refractivity contribution in [1.82, 2.24) is 24.9 Å². The molecule has 0 bridgehead atoms. The summed E-state index contributed by atoms with van der Waals surface area (Å²) in [5, 5.41) is 7.46. The van der Waals surface area contributed by atoms with E-state index in [-0.39, 0.29) is 23.7 Å². The molecule has 2 amide bonds. The summed E-state index contributed by atoms with van der Waals surface area (Å²) in [5.41, 5.74) is 1.19.